The average Bonchev–Trinajstić information content (AvgIpc) is 3.24. The van der Waals surface area contributed by atoms with Gasteiger partial charge in [-0.15, -0.1) is 0 Å². The van der Waals surface area contributed by atoms with Crippen LogP contribution >= 0.6 is 0 Å². The van der Waals surface area contributed by atoms with Gasteiger partial charge < -0.3 is 14.8 Å². The molecule has 0 aliphatic rings. The van der Waals surface area contributed by atoms with E-state index >= 15 is 0 Å². The van der Waals surface area contributed by atoms with Crippen molar-refractivity contribution in [3.63, 3.8) is 0 Å². The second-order valence-corrected chi connectivity index (χ2v) is 6.65. The van der Waals surface area contributed by atoms with E-state index in [1.165, 1.54) is 0 Å². The molecule has 0 aliphatic carbocycles. The lowest BCUT2D eigenvalue weighted by atomic mass is 10.1. The average molecular weight is 383 g/mol. The minimum Gasteiger partial charge on any atom is -0.497 e. The van der Waals surface area contributed by atoms with Crippen LogP contribution in [0.3, 0.4) is 0 Å². The predicted octanol–water partition coefficient (Wildman–Crippen LogP) is 2.84. The highest BCUT2D eigenvalue weighted by Crippen LogP contribution is 2.22. The van der Waals surface area contributed by atoms with Crippen molar-refractivity contribution in [3.8, 4) is 11.5 Å². The third-order valence-corrected chi connectivity index (χ3v) is 4.64. The fourth-order valence-electron chi connectivity index (χ4n) is 3.16. The van der Waals surface area contributed by atoms with Crippen molar-refractivity contribution in [1.29, 1.82) is 0 Å². The summed E-state index contributed by atoms with van der Waals surface area (Å²) in [6.45, 7) is 6.13. The van der Waals surface area contributed by atoms with Crippen LogP contribution in [-0.2, 0) is 13.7 Å². The summed E-state index contributed by atoms with van der Waals surface area (Å²) in [5.41, 5.74) is 3.97. The molecule has 2 N–H and O–H groups in total. The predicted molar refractivity (Wildman–Crippen MR) is 104 cm³/mol. The van der Waals surface area contributed by atoms with Gasteiger partial charge in [-0.1, -0.05) is 6.07 Å². The number of carbonyl (C=O) groups is 1. The molecule has 3 rings (SSSR count). The SMILES string of the molecule is COc1cccc(OCc2cc(C(=O)NC(C)c3c(C)nn(C)c3C)n[nH]2)c1. The van der Waals surface area contributed by atoms with E-state index in [9.17, 15) is 4.79 Å². The number of hydrogen-bond acceptors (Lipinski definition) is 5. The van der Waals surface area contributed by atoms with Crippen molar-refractivity contribution >= 4 is 5.91 Å². The molecular weight excluding hydrogens is 358 g/mol. The smallest absolute Gasteiger partial charge is 0.272 e. The molecule has 8 nitrogen and oxygen atoms in total. The molecule has 0 saturated carbocycles. The van der Waals surface area contributed by atoms with Crippen LogP contribution in [0.15, 0.2) is 30.3 Å². The quantitative estimate of drug-likeness (QED) is 0.654. The minimum absolute atomic E-state index is 0.172. The van der Waals surface area contributed by atoms with E-state index in [0.29, 0.717) is 17.1 Å². The Balaban J connectivity index is 1.62. The topological polar surface area (TPSA) is 94.1 Å². The Hall–Kier alpha value is -3.29. The number of nitrogens with zero attached hydrogens (tertiary/aromatic N) is 3. The molecule has 1 aromatic carbocycles. The van der Waals surface area contributed by atoms with Crippen LogP contribution < -0.4 is 14.8 Å². The van der Waals surface area contributed by atoms with Crippen molar-refractivity contribution in [2.24, 2.45) is 7.05 Å². The number of amides is 1. The maximum atomic E-state index is 12.6. The van der Waals surface area contributed by atoms with Gasteiger partial charge >= 0.3 is 0 Å². The minimum atomic E-state index is -0.251. The van der Waals surface area contributed by atoms with Gasteiger partial charge in [0.2, 0.25) is 0 Å². The maximum absolute atomic E-state index is 12.6. The molecule has 8 heteroatoms. The van der Waals surface area contributed by atoms with Crippen LogP contribution in [0.4, 0.5) is 0 Å². The van der Waals surface area contributed by atoms with Gasteiger partial charge in [0, 0.05) is 24.4 Å². The number of carbonyl (C=O) groups excluding carboxylic acids is 1. The van der Waals surface area contributed by atoms with Crippen molar-refractivity contribution in [2.75, 3.05) is 7.11 Å². The Morgan fingerprint density at radius 3 is 2.71 bits per heavy atom. The molecule has 148 valence electrons. The molecular formula is C20H25N5O3. The van der Waals surface area contributed by atoms with Gasteiger partial charge in [-0.25, -0.2) is 0 Å². The van der Waals surface area contributed by atoms with Gasteiger partial charge in [-0.3, -0.25) is 14.6 Å². The summed E-state index contributed by atoms with van der Waals surface area (Å²) in [4.78, 5) is 12.6. The van der Waals surface area contributed by atoms with Crippen molar-refractivity contribution in [1.82, 2.24) is 25.3 Å². The first-order chi connectivity index (χ1) is 13.4. The van der Waals surface area contributed by atoms with Crippen LogP contribution in [0.2, 0.25) is 0 Å². The molecule has 3 aromatic rings. The molecule has 0 fully saturated rings. The van der Waals surface area contributed by atoms with E-state index < -0.39 is 0 Å². The first kappa shape index (κ1) is 19.5. The second-order valence-electron chi connectivity index (χ2n) is 6.65. The molecule has 0 aliphatic heterocycles. The van der Waals surface area contributed by atoms with E-state index in [1.54, 1.807) is 19.2 Å². The molecule has 0 radical (unpaired) electrons. The molecule has 2 aromatic heterocycles. The molecule has 0 saturated heterocycles. The van der Waals surface area contributed by atoms with E-state index in [2.05, 4.69) is 20.6 Å². The molecule has 1 unspecified atom stereocenters. The Morgan fingerprint density at radius 2 is 2.04 bits per heavy atom. The zero-order valence-electron chi connectivity index (χ0n) is 16.7. The number of aryl methyl sites for hydroxylation is 2. The lowest BCUT2D eigenvalue weighted by molar-refractivity contribution is 0.0934. The number of hydrogen-bond donors (Lipinski definition) is 2. The maximum Gasteiger partial charge on any atom is 0.272 e. The van der Waals surface area contributed by atoms with E-state index in [0.717, 1.165) is 22.7 Å². The van der Waals surface area contributed by atoms with Gasteiger partial charge in [0.1, 0.15) is 23.8 Å². The Bertz CT molecular complexity index is 976. The fourth-order valence-corrected chi connectivity index (χ4v) is 3.16. The van der Waals surface area contributed by atoms with Crippen molar-refractivity contribution in [3.05, 3.63) is 58.7 Å². The fraction of sp³-hybridized carbons (Fsp3) is 0.350. The van der Waals surface area contributed by atoms with Crippen molar-refractivity contribution < 1.29 is 14.3 Å². The first-order valence-electron chi connectivity index (χ1n) is 9.01. The van der Waals surface area contributed by atoms with Gasteiger partial charge in [0.15, 0.2) is 0 Å². The van der Waals surface area contributed by atoms with E-state index in [-0.39, 0.29) is 18.6 Å². The van der Waals surface area contributed by atoms with E-state index in [4.69, 9.17) is 9.47 Å². The van der Waals surface area contributed by atoms with Gasteiger partial charge in [-0.05, 0) is 39.0 Å². The second kappa shape index (κ2) is 8.16. The molecule has 0 spiro atoms. The first-order valence-corrected chi connectivity index (χ1v) is 9.01. The Kier molecular flexibility index (Phi) is 5.67. The standard InChI is InChI=1S/C20H25N5O3/c1-12(19-13(2)24-25(4)14(19)3)21-20(26)18-9-15(22-23-18)11-28-17-8-6-7-16(10-17)27-5/h6-10,12H,11H2,1-5H3,(H,21,26)(H,22,23). The summed E-state index contributed by atoms with van der Waals surface area (Å²) in [7, 11) is 3.50. The number of H-pyrrole nitrogens is 1. The zero-order chi connectivity index (χ0) is 20.3. The summed E-state index contributed by atoms with van der Waals surface area (Å²) in [5, 5.41) is 14.3. The van der Waals surface area contributed by atoms with Crippen LogP contribution in [0.5, 0.6) is 11.5 Å². The summed E-state index contributed by atoms with van der Waals surface area (Å²) in [6.07, 6.45) is 0. The number of aromatic nitrogens is 4. The molecule has 2 heterocycles. The largest absolute Gasteiger partial charge is 0.497 e. The third-order valence-electron chi connectivity index (χ3n) is 4.64. The lowest BCUT2D eigenvalue weighted by Crippen LogP contribution is -2.27. The number of aromatic amines is 1. The summed E-state index contributed by atoms with van der Waals surface area (Å²) >= 11 is 0. The number of methoxy groups -OCH3 is 1. The van der Waals surface area contributed by atoms with Crippen LogP contribution in [0.1, 0.15) is 46.1 Å². The highest BCUT2D eigenvalue weighted by molar-refractivity contribution is 5.92. The number of ether oxygens (including phenoxy) is 2. The highest BCUT2D eigenvalue weighted by atomic mass is 16.5. The van der Waals surface area contributed by atoms with Gasteiger partial charge in [-0.2, -0.15) is 10.2 Å². The summed E-state index contributed by atoms with van der Waals surface area (Å²) < 4.78 is 12.7. The van der Waals surface area contributed by atoms with Gasteiger partial charge in [0.05, 0.1) is 24.5 Å². The molecule has 1 atom stereocenters. The Labute approximate surface area is 163 Å². The van der Waals surface area contributed by atoms with Gasteiger partial charge in [0.25, 0.3) is 5.91 Å². The summed E-state index contributed by atoms with van der Waals surface area (Å²) in [5.74, 6) is 1.15. The highest BCUT2D eigenvalue weighted by Gasteiger charge is 2.20. The normalized spacial score (nSPS) is 11.9. The summed E-state index contributed by atoms with van der Waals surface area (Å²) in [6, 6.07) is 8.85. The molecule has 1 amide bonds. The number of nitrogens with one attached hydrogen (secondary N) is 2. The monoisotopic (exact) mass is 383 g/mol. The Morgan fingerprint density at radius 1 is 1.29 bits per heavy atom. The molecule has 0 bridgehead atoms. The van der Waals surface area contributed by atoms with Crippen LogP contribution in [0, 0.1) is 13.8 Å². The number of rotatable bonds is 7. The molecule has 28 heavy (non-hydrogen) atoms. The lowest BCUT2D eigenvalue weighted by Gasteiger charge is -2.13. The zero-order valence-corrected chi connectivity index (χ0v) is 16.7. The number of benzene rings is 1. The third kappa shape index (κ3) is 4.16. The van der Waals surface area contributed by atoms with E-state index in [1.807, 2.05) is 50.7 Å². The van der Waals surface area contributed by atoms with Crippen LogP contribution in [0.25, 0.3) is 0 Å². The van der Waals surface area contributed by atoms with Crippen LogP contribution in [-0.4, -0.2) is 33.0 Å². The van der Waals surface area contributed by atoms with Crippen molar-refractivity contribution in [2.45, 2.75) is 33.4 Å².